The quantitative estimate of drug-likeness (QED) is 0.792. The molecule has 0 unspecified atom stereocenters. The molecule has 2 aliphatic rings. The average molecular weight is 342 g/mol. The van der Waals surface area contributed by atoms with Crippen LogP contribution in [0.2, 0.25) is 0 Å². The van der Waals surface area contributed by atoms with E-state index in [4.69, 9.17) is 0 Å². The van der Waals surface area contributed by atoms with Crippen molar-refractivity contribution in [1.82, 2.24) is 20.5 Å². The molecule has 2 fully saturated rings. The molecule has 5 nitrogen and oxygen atoms in total. The molecule has 2 aliphatic carbocycles. The smallest absolute Gasteiger partial charge is 0.230 e. The van der Waals surface area contributed by atoms with E-state index in [1.165, 1.54) is 43.0 Å². The van der Waals surface area contributed by atoms with Gasteiger partial charge >= 0.3 is 0 Å². The van der Waals surface area contributed by atoms with E-state index in [9.17, 15) is 4.79 Å². The lowest BCUT2D eigenvalue weighted by Crippen LogP contribution is -2.39. The summed E-state index contributed by atoms with van der Waals surface area (Å²) in [5.41, 5.74) is 1.19. The van der Waals surface area contributed by atoms with E-state index in [0.29, 0.717) is 22.9 Å². The van der Waals surface area contributed by atoms with E-state index in [0.717, 1.165) is 18.2 Å². The summed E-state index contributed by atoms with van der Waals surface area (Å²) >= 11 is 1.40. The molecule has 24 heavy (non-hydrogen) atoms. The van der Waals surface area contributed by atoms with E-state index in [-0.39, 0.29) is 5.91 Å². The van der Waals surface area contributed by atoms with Crippen LogP contribution in [0, 0.1) is 11.8 Å². The molecule has 126 valence electrons. The SMILES string of the molecule is O=C(CSc1n[nH]c(Cc2ccccc2)n1)N[C@@H]1C[C@H]2CC[C@H]1C2. The van der Waals surface area contributed by atoms with E-state index >= 15 is 0 Å². The topological polar surface area (TPSA) is 70.7 Å². The molecule has 2 aromatic rings. The van der Waals surface area contributed by atoms with Gasteiger partial charge in [-0.25, -0.2) is 4.98 Å². The Bertz CT molecular complexity index is 702. The standard InChI is InChI=1S/C18H22N4OS/c23-17(19-15-9-13-6-7-14(15)8-13)11-24-18-20-16(21-22-18)10-12-4-2-1-3-5-12/h1-5,13-15H,6-11H2,(H,19,23)(H,20,21,22)/t13-,14-,15+/m0/s1. The highest BCUT2D eigenvalue weighted by atomic mass is 32.2. The second kappa shape index (κ2) is 6.97. The van der Waals surface area contributed by atoms with Crippen LogP contribution in [0.3, 0.4) is 0 Å². The third-order valence-corrected chi connectivity index (χ3v) is 5.99. The number of hydrogen-bond acceptors (Lipinski definition) is 4. The van der Waals surface area contributed by atoms with Crippen LogP contribution in [0.1, 0.15) is 37.1 Å². The molecule has 3 atom stereocenters. The molecule has 2 bridgehead atoms. The predicted octanol–water partition coefficient (Wildman–Crippen LogP) is 2.79. The Morgan fingerprint density at radius 2 is 2.12 bits per heavy atom. The fourth-order valence-electron chi connectivity index (χ4n) is 4.01. The van der Waals surface area contributed by atoms with Crippen molar-refractivity contribution in [2.75, 3.05) is 5.75 Å². The number of carbonyl (C=O) groups excluding carboxylic acids is 1. The van der Waals surface area contributed by atoms with E-state index < -0.39 is 0 Å². The number of aromatic amines is 1. The number of rotatable bonds is 6. The Labute approximate surface area is 146 Å². The Morgan fingerprint density at radius 3 is 2.88 bits per heavy atom. The number of nitrogens with one attached hydrogen (secondary N) is 2. The van der Waals surface area contributed by atoms with Gasteiger partial charge in [0.2, 0.25) is 11.1 Å². The Balaban J connectivity index is 1.25. The van der Waals surface area contributed by atoms with Crippen molar-refractivity contribution in [2.45, 2.75) is 43.3 Å². The van der Waals surface area contributed by atoms with Crippen LogP contribution < -0.4 is 5.32 Å². The van der Waals surface area contributed by atoms with Gasteiger partial charge in [-0.1, -0.05) is 48.5 Å². The van der Waals surface area contributed by atoms with Crippen LogP contribution in [0.15, 0.2) is 35.5 Å². The first-order valence-corrected chi connectivity index (χ1v) is 9.62. The first kappa shape index (κ1) is 15.7. The zero-order chi connectivity index (χ0) is 16.4. The maximum Gasteiger partial charge on any atom is 0.230 e. The molecular formula is C18H22N4OS. The van der Waals surface area contributed by atoms with Gasteiger partial charge in [-0.3, -0.25) is 9.89 Å². The number of H-pyrrole nitrogens is 1. The van der Waals surface area contributed by atoms with Gasteiger partial charge in [-0.05, 0) is 36.7 Å². The molecule has 2 N–H and O–H groups in total. The summed E-state index contributed by atoms with van der Waals surface area (Å²) in [6, 6.07) is 10.6. The first-order chi connectivity index (χ1) is 11.8. The maximum atomic E-state index is 12.1. The van der Waals surface area contributed by atoms with Crippen molar-refractivity contribution in [2.24, 2.45) is 11.8 Å². The number of benzene rings is 1. The molecule has 6 heteroatoms. The molecule has 4 rings (SSSR count). The number of amides is 1. The second-order valence-electron chi connectivity index (χ2n) is 6.86. The summed E-state index contributed by atoms with van der Waals surface area (Å²) in [7, 11) is 0. The van der Waals surface area contributed by atoms with Crippen molar-refractivity contribution in [3.63, 3.8) is 0 Å². The normalized spacial score (nSPS) is 25.1. The van der Waals surface area contributed by atoms with Gasteiger partial charge in [0.25, 0.3) is 0 Å². The van der Waals surface area contributed by atoms with E-state index in [1.54, 1.807) is 0 Å². The summed E-state index contributed by atoms with van der Waals surface area (Å²) < 4.78 is 0. The van der Waals surface area contributed by atoms with Crippen LogP contribution >= 0.6 is 11.8 Å². The van der Waals surface area contributed by atoms with Crippen LogP contribution in [-0.4, -0.2) is 32.9 Å². The maximum absolute atomic E-state index is 12.1. The number of thioether (sulfide) groups is 1. The van der Waals surface area contributed by atoms with Gasteiger partial charge in [0.15, 0.2) is 0 Å². The molecule has 1 heterocycles. The molecule has 1 aromatic heterocycles. The summed E-state index contributed by atoms with van der Waals surface area (Å²) in [6.45, 7) is 0. The van der Waals surface area contributed by atoms with Gasteiger partial charge in [0, 0.05) is 12.5 Å². The van der Waals surface area contributed by atoms with Crippen LogP contribution in [0.4, 0.5) is 0 Å². The number of fused-ring (bicyclic) bond motifs is 2. The highest BCUT2D eigenvalue weighted by Gasteiger charge is 2.39. The molecule has 2 saturated carbocycles. The van der Waals surface area contributed by atoms with Gasteiger partial charge in [0.1, 0.15) is 5.82 Å². The zero-order valence-electron chi connectivity index (χ0n) is 13.6. The monoisotopic (exact) mass is 342 g/mol. The lowest BCUT2D eigenvalue weighted by molar-refractivity contribution is -0.119. The minimum atomic E-state index is 0.104. The van der Waals surface area contributed by atoms with Crippen LogP contribution in [0.5, 0.6) is 0 Å². The molecule has 0 spiro atoms. The summed E-state index contributed by atoms with van der Waals surface area (Å²) in [5.74, 6) is 2.88. The highest BCUT2D eigenvalue weighted by molar-refractivity contribution is 7.99. The first-order valence-electron chi connectivity index (χ1n) is 8.63. The van der Waals surface area contributed by atoms with Crippen molar-refractivity contribution in [1.29, 1.82) is 0 Å². The second-order valence-corrected chi connectivity index (χ2v) is 7.81. The average Bonchev–Trinajstić information content (AvgIpc) is 3.31. The van der Waals surface area contributed by atoms with Crippen molar-refractivity contribution in [3.05, 3.63) is 41.7 Å². The third-order valence-electron chi connectivity index (χ3n) is 5.14. The van der Waals surface area contributed by atoms with Gasteiger partial charge in [-0.15, -0.1) is 5.10 Å². The summed E-state index contributed by atoms with van der Waals surface area (Å²) in [6.07, 6.45) is 5.84. The van der Waals surface area contributed by atoms with E-state index in [1.807, 2.05) is 18.2 Å². The van der Waals surface area contributed by atoms with Crippen molar-refractivity contribution >= 4 is 17.7 Å². The summed E-state index contributed by atoms with van der Waals surface area (Å²) in [5, 5.41) is 11.0. The van der Waals surface area contributed by atoms with Crippen LogP contribution in [-0.2, 0) is 11.2 Å². The Kier molecular flexibility index (Phi) is 4.56. The van der Waals surface area contributed by atoms with Crippen LogP contribution in [0.25, 0.3) is 0 Å². The van der Waals surface area contributed by atoms with Gasteiger partial charge in [0.05, 0.1) is 5.75 Å². The zero-order valence-corrected chi connectivity index (χ0v) is 14.4. The molecule has 0 aliphatic heterocycles. The summed E-state index contributed by atoms with van der Waals surface area (Å²) in [4.78, 5) is 16.6. The third kappa shape index (κ3) is 3.64. The minimum absolute atomic E-state index is 0.104. The number of aromatic nitrogens is 3. The largest absolute Gasteiger partial charge is 0.352 e. The highest BCUT2D eigenvalue weighted by Crippen LogP contribution is 2.44. The number of carbonyl (C=O) groups is 1. The fraction of sp³-hybridized carbons (Fsp3) is 0.500. The Morgan fingerprint density at radius 1 is 1.25 bits per heavy atom. The van der Waals surface area contributed by atoms with Crippen molar-refractivity contribution < 1.29 is 4.79 Å². The van der Waals surface area contributed by atoms with Gasteiger partial charge in [-0.2, -0.15) is 0 Å². The number of nitrogens with zero attached hydrogens (tertiary/aromatic N) is 2. The lowest BCUT2D eigenvalue weighted by Gasteiger charge is -2.22. The molecule has 0 saturated heterocycles. The predicted molar refractivity (Wildman–Crippen MR) is 93.7 cm³/mol. The number of hydrogen-bond donors (Lipinski definition) is 2. The van der Waals surface area contributed by atoms with Crippen molar-refractivity contribution in [3.8, 4) is 0 Å². The molecular weight excluding hydrogens is 320 g/mol. The van der Waals surface area contributed by atoms with E-state index in [2.05, 4.69) is 32.6 Å². The molecule has 1 amide bonds. The fourth-order valence-corrected chi connectivity index (χ4v) is 4.64. The van der Waals surface area contributed by atoms with Gasteiger partial charge < -0.3 is 5.32 Å². The minimum Gasteiger partial charge on any atom is -0.352 e. The Hall–Kier alpha value is -1.82. The lowest BCUT2D eigenvalue weighted by atomic mass is 9.95. The molecule has 0 radical (unpaired) electrons. The molecule has 1 aromatic carbocycles.